The van der Waals surface area contributed by atoms with E-state index in [1.54, 1.807) is 0 Å². The van der Waals surface area contributed by atoms with E-state index < -0.39 is 5.41 Å². The van der Waals surface area contributed by atoms with Crippen LogP contribution in [0.2, 0.25) is 5.28 Å². The molecule has 0 N–H and O–H groups in total. The lowest BCUT2D eigenvalue weighted by molar-refractivity contribution is 0.770. The summed E-state index contributed by atoms with van der Waals surface area (Å²) >= 11 is 6.54. The Morgan fingerprint density at radius 3 is 1.34 bits per heavy atom. The van der Waals surface area contributed by atoms with E-state index in [0.717, 1.165) is 22.3 Å². The minimum atomic E-state index is -0.538. The quantitative estimate of drug-likeness (QED) is 0.202. The number of hydrogen-bond acceptors (Lipinski definition) is 3. The van der Waals surface area contributed by atoms with Crippen molar-refractivity contribution in [3.05, 3.63) is 185 Å². The highest BCUT2D eigenvalue weighted by Gasteiger charge is 2.47. The van der Waals surface area contributed by atoms with E-state index >= 15 is 0 Å². The maximum atomic E-state index is 6.54. The van der Waals surface area contributed by atoms with Gasteiger partial charge in [0.1, 0.15) is 0 Å². The van der Waals surface area contributed by atoms with Gasteiger partial charge >= 0.3 is 0 Å². The molecule has 0 fully saturated rings. The topological polar surface area (TPSA) is 38.7 Å². The predicted molar refractivity (Wildman–Crippen MR) is 178 cm³/mol. The van der Waals surface area contributed by atoms with Crippen LogP contribution in [0.15, 0.2) is 158 Å². The van der Waals surface area contributed by atoms with Crippen LogP contribution >= 0.6 is 11.6 Å². The Morgan fingerprint density at radius 2 is 0.773 bits per heavy atom. The highest BCUT2D eigenvalue weighted by Crippen LogP contribution is 2.57. The zero-order valence-corrected chi connectivity index (χ0v) is 24.5. The molecule has 1 heterocycles. The summed E-state index contributed by atoms with van der Waals surface area (Å²) in [7, 11) is 0. The van der Waals surface area contributed by atoms with E-state index in [1.165, 1.54) is 33.4 Å². The fraction of sp³-hybridized carbons (Fsp3) is 0.0250. The summed E-state index contributed by atoms with van der Waals surface area (Å²) in [4.78, 5) is 14.0. The largest absolute Gasteiger partial charge is 0.226 e. The molecule has 0 amide bonds. The fourth-order valence-electron chi connectivity index (χ4n) is 6.82. The average molecular weight is 584 g/mol. The highest BCUT2D eigenvalue weighted by atomic mass is 35.5. The Balaban J connectivity index is 1.42. The summed E-state index contributed by atoms with van der Waals surface area (Å²) in [6, 6.07) is 55.4. The van der Waals surface area contributed by atoms with E-state index in [-0.39, 0.29) is 5.28 Å². The van der Waals surface area contributed by atoms with Gasteiger partial charge in [-0.05, 0) is 56.1 Å². The summed E-state index contributed by atoms with van der Waals surface area (Å²) in [5.74, 6) is 1.08. The van der Waals surface area contributed by atoms with Crippen LogP contribution in [-0.4, -0.2) is 15.0 Å². The highest BCUT2D eigenvalue weighted by molar-refractivity contribution is 6.28. The maximum Gasteiger partial charge on any atom is 0.226 e. The Hall–Kier alpha value is -5.38. The number of fused-ring (bicyclic) bond motifs is 3. The second-order valence-electron chi connectivity index (χ2n) is 10.9. The normalized spacial score (nSPS) is 12.8. The van der Waals surface area contributed by atoms with Crippen molar-refractivity contribution in [2.45, 2.75) is 5.41 Å². The molecule has 1 aliphatic rings. The van der Waals surface area contributed by atoms with Crippen LogP contribution in [0, 0.1) is 0 Å². The number of nitrogens with zero attached hydrogens (tertiary/aromatic N) is 3. The van der Waals surface area contributed by atoms with Crippen molar-refractivity contribution in [1.29, 1.82) is 0 Å². The minimum Gasteiger partial charge on any atom is -0.208 e. The monoisotopic (exact) mass is 583 g/mol. The molecule has 3 nitrogen and oxygen atoms in total. The van der Waals surface area contributed by atoms with Crippen molar-refractivity contribution in [1.82, 2.24) is 15.0 Å². The summed E-state index contributed by atoms with van der Waals surface area (Å²) < 4.78 is 0. The van der Waals surface area contributed by atoms with Gasteiger partial charge in [0.15, 0.2) is 11.6 Å². The number of benzene rings is 6. The molecule has 0 unspecified atom stereocenters. The SMILES string of the molecule is Clc1nc(-c2ccccc2)nc(-c2ccccc2-c2ccccc2C2(c3ccccc3)c3ccccc3-c3ccccc32)n1. The van der Waals surface area contributed by atoms with Crippen LogP contribution in [-0.2, 0) is 5.41 Å². The number of aromatic nitrogens is 3. The Labute approximate surface area is 261 Å². The number of hydrogen-bond donors (Lipinski definition) is 0. The Kier molecular flexibility index (Phi) is 6.40. The third-order valence-electron chi connectivity index (χ3n) is 8.59. The standard InChI is InChI=1S/C40H26ClN3/c41-39-43-37(27-15-3-1-4-16-27)42-38(44-39)33-23-8-7-19-29(33)30-20-9-12-24-34(30)40(28-17-5-2-6-18-28)35-25-13-10-21-31(35)32-22-11-14-26-36(32)40/h1-26H. The molecule has 208 valence electrons. The zero-order chi connectivity index (χ0) is 29.5. The third kappa shape index (κ3) is 4.09. The molecular formula is C40H26ClN3. The van der Waals surface area contributed by atoms with Crippen molar-refractivity contribution >= 4 is 11.6 Å². The number of rotatable bonds is 5. The molecule has 1 aromatic heterocycles. The van der Waals surface area contributed by atoms with E-state index in [2.05, 4.69) is 131 Å². The van der Waals surface area contributed by atoms with Crippen molar-refractivity contribution in [3.63, 3.8) is 0 Å². The summed E-state index contributed by atoms with van der Waals surface area (Å²) in [5.41, 5.74) is 10.8. The first-order valence-electron chi connectivity index (χ1n) is 14.7. The molecule has 0 saturated heterocycles. The average Bonchev–Trinajstić information content (AvgIpc) is 3.40. The van der Waals surface area contributed by atoms with Crippen LogP contribution in [0.4, 0.5) is 0 Å². The van der Waals surface area contributed by atoms with Crippen molar-refractivity contribution < 1.29 is 0 Å². The van der Waals surface area contributed by atoms with Crippen molar-refractivity contribution in [2.24, 2.45) is 0 Å². The van der Waals surface area contributed by atoms with Gasteiger partial charge in [-0.3, -0.25) is 0 Å². The Bertz CT molecular complexity index is 2100. The molecule has 0 aliphatic heterocycles. The van der Waals surface area contributed by atoms with Crippen LogP contribution in [0.1, 0.15) is 22.3 Å². The summed E-state index contributed by atoms with van der Waals surface area (Å²) in [5, 5.41) is 0.163. The van der Waals surface area contributed by atoms with E-state index in [4.69, 9.17) is 16.6 Å². The third-order valence-corrected chi connectivity index (χ3v) is 8.76. The fourth-order valence-corrected chi connectivity index (χ4v) is 6.98. The van der Waals surface area contributed by atoms with E-state index in [1.807, 2.05) is 36.4 Å². The minimum absolute atomic E-state index is 0.163. The van der Waals surface area contributed by atoms with E-state index in [9.17, 15) is 0 Å². The second-order valence-corrected chi connectivity index (χ2v) is 11.3. The molecule has 0 radical (unpaired) electrons. The van der Waals surface area contributed by atoms with Gasteiger partial charge in [-0.25, -0.2) is 4.98 Å². The van der Waals surface area contributed by atoms with Gasteiger partial charge in [0.05, 0.1) is 5.41 Å². The van der Waals surface area contributed by atoms with Gasteiger partial charge in [0, 0.05) is 11.1 Å². The molecule has 8 rings (SSSR count). The Morgan fingerprint density at radius 1 is 0.364 bits per heavy atom. The lowest BCUT2D eigenvalue weighted by Crippen LogP contribution is -2.29. The molecule has 0 saturated carbocycles. The molecule has 44 heavy (non-hydrogen) atoms. The first-order valence-corrected chi connectivity index (χ1v) is 15.0. The number of halogens is 1. The lowest BCUT2D eigenvalue weighted by atomic mass is 9.65. The molecule has 6 aromatic carbocycles. The molecule has 0 bridgehead atoms. The van der Waals surface area contributed by atoms with Gasteiger partial charge in [-0.2, -0.15) is 9.97 Å². The molecule has 0 atom stereocenters. The summed E-state index contributed by atoms with van der Waals surface area (Å²) in [6.45, 7) is 0. The smallest absolute Gasteiger partial charge is 0.208 e. The molecular weight excluding hydrogens is 558 g/mol. The lowest BCUT2D eigenvalue weighted by Gasteiger charge is -2.35. The van der Waals surface area contributed by atoms with Gasteiger partial charge in [-0.15, -0.1) is 0 Å². The van der Waals surface area contributed by atoms with Crippen LogP contribution in [0.5, 0.6) is 0 Å². The second kappa shape index (κ2) is 10.7. The van der Waals surface area contributed by atoms with Gasteiger partial charge < -0.3 is 0 Å². The molecule has 0 spiro atoms. The predicted octanol–water partition coefficient (Wildman–Crippen LogP) is 9.89. The molecule has 7 aromatic rings. The van der Waals surface area contributed by atoms with Crippen LogP contribution in [0.25, 0.3) is 45.0 Å². The van der Waals surface area contributed by atoms with Gasteiger partial charge in [0.2, 0.25) is 5.28 Å². The van der Waals surface area contributed by atoms with Gasteiger partial charge in [0.25, 0.3) is 0 Å². The van der Waals surface area contributed by atoms with Crippen LogP contribution < -0.4 is 0 Å². The van der Waals surface area contributed by atoms with Crippen molar-refractivity contribution in [3.8, 4) is 45.0 Å². The maximum absolute atomic E-state index is 6.54. The first-order chi connectivity index (χ1) is 21.7. The van der Waals surface area contributed by atoms with E-state index in [0.29, 0.717) is 11.6 Å². The zero-order valence-electron chi connectivity index (χ0n) is 23.7. The molecule has 1 aliphatic carbocycles. The first kappa shape index (κ1) is 26.3. The van der Waals surface area contributed by atoms with Crippen molar-refractivity contribution in [2.75, 3.05) is 0 Å². The summed E-state index contributed by atoms with van der Waals surface area (Å²) in [6.07, 6.45) is 0. The van der Waals surface area contributed by atoms with Crippen LogP contribution in [0.3, 0.4) is 0 Å². The molecule has 4 heteroatoms. The van der Waals surface area contributed by atoms with Gasteiger partial charge in [-0.1, -0.05) is 158 Å².